The smallest absolute Gasteiger partial charge is 0.419 e. The van der Waals surface area contributed by atoms with Gasteiger partial charge in [-0.2, -0.15) is 4.31 Å². The predicted molar refractivity (Wildman–Crippen MR) is 130 cm³/mol. The Labute approximate surface area is 203 Å². The number of carbonyl (C=O) groups excluding carboxylic acids is 1. The lowest BCUT2D eigenvalue weighted by Crippen LogP contribution is -2.33. The molecule has 9 nitrogen and oxygen atoms in total. The minimum atomic E-state index is -3.61. The molecule has 1 saturated heterocycles. The summed E-state index contributed by atoms with van der Waals surface area (Å²) in [6.07, 6.45) is 3.79. The monoisotopic (exact) mass is 499 g/mol. The van der Waals surface area contributed by atoms with Crippen molar-refractivity contribution in [2.24, 2.45) is 0 Å². The standard InChI is InChI=1S/C25H29N3O6S/c1-33-20-8-4-18(5-9-20)17-28(19-6-7-19)24(29)12-15-27-22-11-10-21(16-23(22)34-25(27)30)35(31,32)26-13-2-3-14-26/h4-5,8-11,16,19H,2-3,6-7,12-15,17H2,1H3. The molecular weight excluding hydrogens is 470 g/mol. The van der Waals surface area contributed by atoms with Crippen LogP contribution < -0.4 is 10.5 Å². The highest BCUT2D eigenvalue weighted by Gasteiger charge is 2.32. The van der Waals surface area contributed by atoms with E-state index in [4.69, 9.17) is 9.15 Å². The summed E-state index contributed by atoms with van der Waals surface area (Å²) in [5.74, 6) is 0.134. The van der Waals surface area contributed by atoms with E-state index >= 15 is 0 Å². The molecule has 35 heavy (non-hydrogen) atoms. The minimum absolute atomic E-state index is 0.0298. The molecule has 186 valence electrons. The molecule has 1 amide bonds. The van der Waals surface area contributed by atoms with Crippen molar-refractivity contribution >= 4 is 27.0 Å². The molecule has 0 bridgehead atoms. The summed E-state index contributed by atoms with van der Waals surface area (Å²) >= 11 is 0. The van der Waals surface area contributed by atoms with Gasteiger partial charge in [-0.15, -0.1) is 0 Å². The highest BCUT2D eigenvalue weighted by Crippen LogP contribution is 2.30. The van der Waals surface area contributed by atoms with Gasteiger partial charge in [-0.05, 0) is 55.5 Å². The first-order chi connectivity index (χ1) is 16.9. The number of hydrogen-bond donors (Lipinski definition) is 0. The van der Waals surface area contributed by atoms with Gasteiger partial charge in [0.1, 0.15) is 5.75 Å². The lowest BCUT2D eigenvalue weighted by atomic mass is 10.2. The summed E-state index contributed by atoms with van der Waals surface area (Å²) in [7, 11) is -2.00. The highest BCUT2D eigenvalue weighted by molar-refractivity contribution is 7.89. The zero-order chi connectivity index (χ0) is 24.6. The lowest BCUT2D eigenvalue weighted by molar-refractivity contribution is -0.132. The van der Waals surface area contributed by atoms with Crippen molar-refractivity contribution in [3.63, 3.8) is 0 Å². The third-order valence-corrected chi connectivity index (χ3v) is 8.61. The third kappa shape index (κ3) is 4.85. The minimum Gasteiger partial charge on any atom is -0.497 e. The number of aromatic nitrogens is 1. The molecule has 0 unspecified atom stereocenters. The molecule has 1 aliphatic heterocycles. The number of ether oxygens (including phenoxy) is 1. The van der Waals surface area contributed by atoms with E-state index in [9.17, 15) is 18.0 Å². The molecular formula is C25H29N3O6S. The van der Waals surface area contributed by atoms with Gasteiger partial charge >= 0.3 is 5.76 Å². The Hall–Kier alpha value is -3.11. The number of oxazole rings is 1. The molecule has 3 aromatic rings. The van der Waals surface area contributed by atoms with E-state index in [1.807, 2.05) is 29.2 Å². The third-order valence-electron chi connectivity index (χ3n) is 6.71. The van der Waals surface area contributed by atoms with Gasteiger partial charge in [0.15, 0.2) is 5.58 Å². The topological polar surface area (TPSA) is 102 Å². The van der Waals surface area contributed by atoms with E-state index in [0.29, 0.717) is 25.2 Å². The maximum atomic E-state index is 13.1. The van der Waals surface area contributed by atoms with Gasteiger partial charge in [0.2, 0.25) is 15.9 Å². The van der Waals surface area contributed by atoms with Crippen LogP contribution in [0.3, 0.4) is 0 Å². The second-order valence-corrected chi connectivity index (χ2v) is 11.0. The Balaban J connectivity index is 1.31. The number of methoxy groups -OCH3 is 1. The largest absolute Gasteiger partial charge is 0.497 e. The second-order valence-electron chi connectivity index (χ2n) is 9.11. The average molecular weight is 500 g/mol. The van der Waals surface area contributed by atoms with E-state index in [2.05, 4.69) is 0 Å². The molecule has 0 atom stereocenters. The molecule has 0 spiro atoms. The molecule has 0 N–H and O–H groups in total. The molecule has 0 radical (unpaired) electrons. The van der Waals surface area contributed by atoms with Crippen molar-refractivity contribution in [2.75, 3.05) is 20.2 Å². The fourth-order valence-corrected chi connectivity index (χ4v) is 6.12. The first kappa shape index (κ1) is 23.6. The number of fused-ring (bicyclic) bond motifs is 1. The Morgan fingerprint density at radius 2 is 1.83 bits per heavy atom. The van der Waals surface area contributed by atoms with Gasteiger partial charge in [-0.25, -0.2) is 13.2 Å². The van der Waals surface area contributed by atoms with E-state index in [1.165, 1.54) is 21.0 Å². The first-order valence-corrected chi connectivity index (χ1v) is 13.4. The fourth-order valence-electron chi connectivity index (χ4n) is 4.58. The van der Waals surface area contributed by atoms with Crippen LogP contribution >= 0.6 is 0 Å². The molecule has 1 aliphatic carbocycles. The lowest BCUT2D eigenvalue weighted by Gasteiger charge is -2.23. The quantitative estimate of drug-likeness (QED) is 0.449. The first-order valence-electron chi connectivity index (χ1n) is 11.9. The molecule has 2 aromatic carbocycles. The number of rotatable bonds is 9. The number of sulfonamides is 1. The molecule has 2 fully saturated rings. The zero-order valence-electron chi connectivity index (χ0n) is 19.7. The number of aryl methyl sites for hydroxylation is 1. The van der Waals surface area contributed by atoms with Gasteiger partial charge in [-0.3, -0.25) is 9.36 Å². The SMILES string of the molecule is COc1ccc(CN(C(=O)CCn2c(=O)oc3cc(S(=O)(=O)N4CCCC4)ccc32)C2CC2)cc1. The van der Waals surface area contributed by atoms with Crippen LogP contribution in [0.2, 0.25) is 0 Å². The van der Waals surface area contributed by atoms with Gasteiger partial charge in [0.25, 0.3) is 0 Å². The van der Waals surface area contributed by atoms with E-state index in [0.717, 1.165) is 37.0 Å². The number of hydrogen-bond acceptors (Lipinski definition) is 6. The van der Waals surface area contributed by atoms with Crippen molar-refractivity contribution in [1.29, 1.82) is 0 Å². The number of carbonyl (C=O) groups is 1. The average Bonchev–Trinajstić information content (AvgIpc) is 3.42. The molecule has 2 heterocycles. The number of amides is 1. The Morgan fingerprint density at radius 1 is 1.11 bits per heavy atom. The summed E-state index contributed by atoms with van der Waals surface area (Å²) < 4.78 is 39.1. The Bertz CT molecular complexity index is 1380. The van der Waals surface area contributed by atoms with Crippen molar-refractivity contribution in [2.45, 2.75) is 56.1 Å². The summed E-state index contributed by atoms with van der Waals surface area (Å²) in [5.41, 5.74) is 1.71. The van der Waals surface area contributed by atoms with Gasteiger partial charge < -0.3 is 14.1 Å². The van der Waals surface area contributed by atoms with Crippen molar-refractivity contribution in [3.05, 3.63) is 58.6 Å². The molecule has 2 aliphatic rings. The van der Waals surface area contributed by atoms with Gasteiger partial charge in [-0.1, -0.05) is 12.1 Å². The maximum absolute atomic E-state index is 13.1. The van der Waals surface area contributed by atoms with Crippen LogP contribution in [-0.4, -0.2) is 54.3 Å². The van der Waals surface area contributed by atoms with Crippen LogP contribution in [0, 0.1) is 0 Å². The summed E-state index contributed by atoms with van der Waals surface area (Å²) in [6.45, 7) is 1.67. The van der Waals surface area contributed by atoms with Crippen LogP contribution in [0.25, 0.3) is 11.1 Å². The summed E-state index contributed by atoms with van der Waals surface area (Å²) in [4.78, 5) is 27.6. The predicted octanol–water partition coefficient (Wildman–Crippen LogP) is 2.97. The number of benzene rings is 2. The highest BCUT2D eigenvalue weighted by atomic mass is 32.2. The maximum Gasteiger partial charge on any atom is 0.419 e. The summed E-state index contributed by atoms with van der Waals surface area (Å²) in [6, 6.07) is 12.4. The van der Waals surface area contributed by atoms with Crippen LogP contribution in [0.1, 0.15) is 37.7 Å². The van der Waals surface area contributed by atoms with Crippen molar-refractivity contribution in [3.8, 4) is 5.75 Å². The summed E-state index contributed by atoms with van der Waals surface area (Å²) in [5, 5.41) is 0. The van der Waals surface area contributed by atoms with Crippen LogP contribution in [0.15, 0.2) is 56.6 Å². The zero-order valence-corrected chi connectivity index (χ0v) is 20.5. The Morgan fingerprint density at radius 3 is 2.49 bits per heavy atom. The Kier molecular flexibility index (Phi) is 6.41. The van der Waals surface area contributed by atoms with Crippen molar-refractivity contribution in [1.82, 2.24) is 13.8 Å². The van der Waals surface area contributed by atoms with Crippen molar-refractivity contribution < 1.29 is 22.4 Å². The van der Waals surface area contributed by atoms with Crippen LogP contribution in [-0.2, 0) is 27.9 Å². The normalized spacial score (nSPS) is 16.6. The van der Waals surface area contributed by atoms with Crippen LogP contribution in [0.5, 0.6) is 5.75 Å². The van der Waals surface area contributed by atoms with E-state index in [1.54, 1.807) is 13.2 Å². The molecule has 1 saturated carbocycles. The van der Waals surface area contributed by atoms with Gasteiger partial charge in [0.05, 0.1) is 17.5 Å². The molecule has 5 rings (SSSR count). The van der Waals surface area contributed by atoms with E-state index in [-0.39, 0.29) is 35.4 Å². The second kappa shape index (κ2) is 9.50. The number of nitrogens with zero attached hydrogens (tertiary/aromatic N) is 3. The molecule has 1 aromatic heterocycles. The molecule has 10 heteroatoms. The van der Waals surface area contributed by atoms with Gasteiger partial charge in [0, 0.05) is 44.7 Å². The van der Waals surface area contributed by atoms with Crippen LogP contribution in [0.4, 0.5) is 0 Å². The fraction of sp³-hybridized carbons (Fsp3) is 0.440. The van der Waals surface area contributed by atoms with E-state index < -0.39 is 15.8 Å².